The Labute approximate surface area is 141 Å². The quantitative estimate of drug-likeness (QED) is 0.641. The van der Waals surface area contributed by atoms with Gasteiger partial charge in [0.15, 0.2) is 5.78 Å². The van der Waals surface area contributed by atoms with Crippen molar-refractivity contribution >= 4 is 17.5 Å². The van der Waals surface area contributed by atoms with Crippen molar-refractivity contribution in [1.82, 2.24) is 0 Å². The first kappa shape index (κ1) is 16.0. The first-order valence-corrected chi connectivity index (χ1v) is 7.91. The lowest BCUT2D eigenvalue weighted by Crippen LogP contribution is -2.36. The van der Waals surface area contributed by atoms with E-state index in [4.69, 9.17) is 10.00 Å². The van der Waals surface area contributed by atoms with E-state index in [1.807, 2.05) is 24.3 Å². The number of benzene rings is 2. The zero-order valence-corrected chi connectivity index (χ0v) is 13.3. The van der Waals surface area contributed by atoms with Crippen LogP contribution in [0.5, 0.6) is 0 Å². The van der Waals surface area contributed by atoms with Crippen molar-refractivity contribution in [3.8, 4) is 6.07 Å². The van der Waals surface area contributed by atoms with E-state index in [2.05, 4.69) is 17.0 Å². The summed E-state index contributed by atoms with van der Waals surface area (Å²) >= 11 is 0. The third-order valence-corrected chi connectivity index (χ3v) is 3.99. The molecule has 2 aromatic carbocycles. The number of ether oxygens (including phenoxy) is 1. The summed E-state index contributed by atoms with van der Waals surface area (Å²) in [6.07, 6.45) is 3.37. The van der Waals surface area contributed by atoms with Crippen LogP contribution >= 0.6 is 0 Å². The highest BCUT2D eigenvalue weighted by Crippen LogP contribution is 2.17. The van der Waals surface area contributed by atoms with Crippen LogP contribution in [0.4, 0.5) is 5.69 Å². The summed E-state index contributed by atoms with van der Waals surface area (Å²) < 4.78 is 5.36. The number of morpholine rings is 1. The maximum atomic E-state index is 12.1. The molecule has 1 aliphatic rings. The van der Waals surface area contributed by atoms with Crippen LogP contribution in [0.2, 0.25) is 0 Å². The van der Waals surface area contributed by atoms with Crippen molar-refractivity contribution in [2.75, 3.05) is 31.2 Å². The lowest BCUT2D eigenvalue weighted by atomic mass is 10.1. The number of ketones is 1. The van der Waals surface area contributed by atoms with Gasteiger partial charge in [-0.1, -0.05) is 18.2 Å². The largest absolute Gasteiger partial charge is 0.378 e. The molecule has 1 saturated heterocycles. The number of nitrogens with zero attached hydrogens (tertiary/aromatic N) is 2. The molecule has 0 radical (unpaired) electrons. The Morgan fingerprint density at radius 2 is 1.71 bits per heavy atom. The fraction of sp³-hybridized carbons (Fsp3) is 0.200. The van der Waals surface area contributed by atoms with Gasteiger partial charge in [0, 0.05) is 24.3 Å². The van der Waals surface area contributed by atoms with Crippen molar-refractivity contribution in [1.29, 1.82) is 5.26 Å². The molecular formula is C20H18N2O2. The van der Waals surface area contributed by atoms with Crippen LogP contribution in [0.15, 0.2) is 54.6 Å². The molecule has 0 aliphatic carbocycles. The van der Waals surface area contributed by atoms with E-state index in [-0.39, 0.29) is 5.78 Å². The molecule has 0 N–H and O–H groups in total. The Balaban J connectivity index is 1.65. The van der Waals surface area contributed by atoms with Gasteiger partial charge in [0.1, 0.15) is 0 Å². The Hall–Kier alpha value is -2.90. The molecule has 120 valence electrons. The van der Waals surface area contributed by atoms with E-state index in [1.54, 1.807) is 30.3 Å². The summed E-state index contributed by atoms with van der Waals surface area (Å²) in [7, 11) is 0. The van der Waals surface area contributed by atoms with Gasteiger partial charge >= 0.3 is 0 Å². The average molecular weight is 318 g/mol. The van der Waals surface area contributed by atoms with E-state index in [9.17, 15) is 4.79 Å². The molecule has 1 aliphatic heterocycles. The topological polar surface area (TPSA) is 53.3 Å². The normalized spacial score (nSPS) is 14.5. The number of hydrogen-bond acceptors (Lipinski definition) is 4. The number of allylic oxidation sites excluding steroid dienone is 1. The number of hydrogen-bond donors (Lipinski definition) is 0. The Morgan fingerprint density at radius 3 is 2.33 bits per heavy atom. The average Bonchev–Trinajstić information content (AvgIpc) is 2.67. The molecule has 0 amide bonds. The molecular weight excluding hydrogens is 300 g/mol. The van der Waals surface area contributed by atoms with Crippen molar-refractivity contribution in [3.63, 3.8) is 0 Å². The number of carbonyl (C=O) groups is 1. The van der Waals surface area contributed by atoms with Crippen LogP contribution in [0.3, 0.4) is 0 Å². The Bertz CT molecular complexity index is 765. The molecule has 1 fully saturated rings. The smallest absolute Gasteiger partial charge is 0.185 e. The second kappa shape index (κ2) is 7.58. The SMILES string of the molecule is N#Cc1ccc(C(=O)/C=C/c2ccc(N3CCOCC3)cc2)cc1. The standard InChI is InChI=1S/C20H18N2O2/c21-15-17-1-6-18(7-2-17)20(23)10-5-16-3-8-19(9-4-16)22-11-13-24-14-12-22/h1-10H,11-14H2/b10-5+. The molecule has 24 heavy (non-hydrogen) atoms. The molecule has 0 aromatic heterocycles. The lowest BCUT2D eigenvalue weighted by Gasteiger charge is -2.28. The van der Waals surface area contributed by atoms with Crippen molar-refractivity contribution < 1.29 is 9.53 Å². The van der Waals surface area contributed by atoms with Gasteiger partial charge in [-0.15, -0.1) is 0 Å². The fourth-order valence-corrected chi connectivity index (χ4v) is 2.59. The number of anilines is 1. The highest BCUT2D eigenvalue weighted by molar-refractivity contribution is 6.06. The molecule has 2 aromatic rings. The minimum atomic E-state index is -0.0725. The van der Waals surface area contributed by atoms with Gasteiger partial charge in [-0.25, -0.2) is 0 Å². The van der Waals surface area contributed by atoms with Gasteiger partial charge < -0.3 is 9.64 Å². The highest BCUT2D eigenvalue weighted by Gasteiger charge is 2.10. The molecule has 0 saturated carbocycles. The van der Waals surface area contributed by atoms with E-state index in [1.165, 1.54) is 5.69 Å². The van der Waals surface area contributed by atoms with Crippen molar-refractivity contribution in [2.45, 2.75) is 0 Å². The van der Waals surface area contributed by atoms with E-state index >= 15 is 0 Å². The van der Waals surface area contributed by atoms with Crippen LogP contribution in [0, 0.1) is 11.3 Å². The van der Waals surface area contributed by atoms with E-state index in [0.29, 0.717) is 11.1 Å². The van der Waals surface area contributed by atoms with E-state index in [0.717, 1.165) is 31.9 Å². The van der Waals surface area contributed by atoms with Gasteiger partial charge in [-0.2, -0.15) is 5.26 Å². The zero-order valence-electron chi connectivity index (χ0n) is 13.3. The highest BCUT2D eigenvalue weighted by atomic mass is 16.5. The second-order valence-electron chi connectivity index (χ2n) is 5.58. The summed E-state index contributed by atoms with van der Waals surface area (Å²) in [5.41, 5.74) is 3.28. The van der Waals surface area contributed by atoms with Gasteiger partial charge in [-0.05, 0) is 48.0 Å². The van der Waals surface area contributed by atoms with Gasteiger partial charge in [-0.3, -0.25) is 4.79 Å². The fourth-order valence-electron chi connectivity index (χ4n) is 2.59. The molecule has 0 unspecified atom stereocenters. The predicted molar refractivity (Wildman–Crippen MR) is 94.0 cm³/mol. The van der Waals surface area contributed by atoms with Crippen molar-refractivity contribution in [2.24, 2.45) is 0 Å². The maximum Gasteiger partial charge on any atom is 0.185 e. The summed E-state index contributed by atoms with van der Waals surface area (Å²) in [6, 6.07) is 16.8. The van der Waals surface area contributed by atoms with Crippen LogP contribution in [0.1, 0.15) is 21.5 Å². The third kappa shape index (κ3) is 3.89. The molecule has 3 rings (SSSR count). The van der Waals surface area contributed by atoms with Gasteiger partial charge in [0.2, 0.25) is 0 Å². The minimum Gasteiger partial charge on any atom is -0.378 e. The molecule has 1 heterocycles. The number of nitriles is 1. The monoisotopic (exact) mass is 318 g/mol. The first-order valence-electron chi connectivity index (χ1n) is 7.91. The first-order chi connectivity index (χ1) is 11.8. The molecule has 4 heteroatoms. The molecule has 4 nitrogen and oxygen atoms in total. The molecule has 0 atom stereocenters. The summed E-state index contributed by atoms with van der Waals surface area (Å²) in [5, 5.41) is 8.78. The van der Waals surface area contributed by atoms with Crippen molar-refractivity contribution in [3.05, 3.63) is 71.3 Å². The van der Waals surface area contributed by atoms with Crippen LogP contribution < -0.4 is 4.90 Å². The summed E-state index contributed by atoms with van der Waals surface area (Å²) in [6.45, 7) is 3.35. The summed E-state index contributed by atoms with van der Waals surface area (Å²) in [5.74, 6) is -0.0725. The maximum absolute atomic E-state index is 12.1. The van der Waals surface area contributed by atoms with E-state index < -0.39 is 0 Å². The van der Waals surface area contributed by atoms with Crippen LogP contribution in [-0.2, 0) is 4.74 Å². The van der Waals surface area contributed by atoms with Gasteiger partial charge in [0.25, 0.3) is 0 Å². The summed E-state index contributed by atoms with van der Waals surface area (Å²) in [4.78, 5) is 14.4. The van der Waals surface area contributed by atoms with Gasteiger partial charge in [0.05, 0.1) is 24.8 Å². The lowest BCUT2D eigenvalue weighted by molar-refractivity contribution is 0.104. The third-order valence-electron chi connectivity index (χ3n) is 3.99. The van der Waals surface area contributed by atoms with Crippen LogP contribution in [0.25, 0.3) is 6.08 Å². The number of rotatable bonds is 4. The zero-order chi connectivity index (χ0) is 16.8. The minimum absolute atomic E-state index is 0.0725. The predicted octanol–water partition coefficient (Wildman–Crippen LogP) is 3.29. The Kier molecular flexibility index (Phi) is 5.05. The molecule has 0 bridgehead atoms. The number of carbonyl (C=O) groups excluding carboxylic acids is 1. The second-order valence-corrected chi connectivity index (χ2v) is 5.58. The molecule has 0 spiro atoms. The van der Waals surface area contributed by atoms with Crippen LogP contribution in [-0.4, -0.2) is 32.1 Å². The Morgan fingerprint density at radius 1 is 1.04 bits per heavy atom.